The van der Waals surface area contributed by atoms with Crippen molar-refractivity contribution in [1.82, 2.24) is 9.97 Å². The van der Waals surface area contributed by atoms with E-state index in [1.54, 1.807) is 0 Å². The van der Waals surface area contributed by atoms with Gasteiger partial charge in [0.25, 0.3) is 0 Å². The lowest BCUT2D eigenvalue weighted by molar-refractivity contribution is 1.18. The maximum Gasteiger partial charge on any atom is 0.160 e. The molecule has 0 atom stereocenters. The Morgan fingerprint density at radius 1 is 0.182 bits per heavy atom. The molecule has 0 fully saturated rings. The van der Waals surface area contributed by atoms with Crippen LogP contribution in [-0.4, -0.2) is 9.97 Å². The van der Waals surface area contributed by atoms with Crippen molar-refractivity contribution in [3.05, 3.63) is 267 Å². The number of rotatable bonds is 10. The molecule has 0 saturated heterocycles. The average Bonchev–Trinajstić information content (AvgIpc) is 3.41. The summed E-state index contributed by atoms with van der Waals surface area (Å²) in [6, 6.07) is 95.1. The molecule has 0 N–H and O–H groups in total. The molecule has 0 unspecified atom stereocenters. The lowest BCUT2D eigenvalue weighted by Crippen LogP contribution is -2.00. The summed E-state index contributed by atoms with van der Waals surface area (Å²) in [4.78, 5) is 10.9. The topological polar surface area (TPSA) is 25.8 Å². The third-order valence-corrected chi connectivity index (χ3v) is 12.3. The van der Waals surface area contributed by atoms with Crippen LogP contribution in [0.15, 0.2) is 267 Å². The van der Waals surface area contributed by atoms with E-state index in [9.17, 15) is 0 Å². The highest BCUT2D eigenvalue weighted by Crippen LogP contribution is 2.51. The Hall–Kier alpha value is -8.72. The Labute approximate surface area is 386 Å². The molecule has 2 nitrogen and oxygen atoms in total. The first-order chi connectivity index (χ1) is 32.7. The molecule has 66 heavy (non-hydrogen) atoms. The monoisotopic (exact) mass is 840 g/mol. The number of nitrogens with zero attached hydrogens (tertiary/aromatic N) is 2. The highest BCUT2D eigenvalue weighted by atomic mass is 14.9. The summed E-state index contributed by atoms with van der Waals surface area (Å²) >= 11 is 0. The van der Waals surface area contributed by atoms with Crippen molar-refractivity contribution >= 4 is 0 Å². The lowest BCUT2D eigenvalue weighted by Gasteiger charge is -2.25. The van der Waals surface area contributed by atoms with Crippen molar-refractivity contribution in [3.8, 4) is 112 Å². The summed E-state index contributed by atoms with van der Waals surface area (Å²) in [7, 11) is 0. The first-order valence-electron chi connectivity index (χ1n) is 22.5. The van der Waals surface area contributed by atoms with E-state index < -0.39 is 0 Å². The van der Waals surface area contributed by atoms with Crippen LogP contribution in [0, 0.1) is 0 Å². The zero-order valence-electron chi connectivity index (χ0n) is 36.3. The molecule has 11 aromatic rings. The van der Waals surface area contributed by atoms with Gasteiger partial charge < -0.3 is 0 Å². The summed E-state index contributed by atoms with van der Waals surface area (Å²) in [6.07, 6.45) is 0. The van der Waals surface area contributed by atoms with Gasteiger partial charge in [0.15, 0.2) is 5.82 Å². The largest absolute Gasteiger partial charge is 0.228 e. The van der Waals surface area contributed by atoms with E-state index in [1.165, 1.54) is 11.1 Å². The van der Waals surface area contributed by atoms with Crippen LogP contribution in [0.3, 0.4) is 0 Å². The first-order valence-corrected chi connectivity index (χ1v) is 22.5. The van der Waals surface area contributed by atoms with Crippen molar-refractivity contribution < 1.29 is 0 Å². The highest BCUT2D eigenvalue weighted by Gasteiger charge is 2.25. The van der Waals surface area contributed by atoms with Crippen molar-refractivity contribution in [1.29, 1.82) is 0 Å². The number of benzene rings is 10. The van der Waals surface area contributed by atoms with Crippen LogP contribution < -0.4 is 0 Å². The fourth-order valence-corrected chi connectivity index (χ4v) is 9.20. The molecule has 10 aromatic carbocycles. The quantitative estimate of drug-likeness (QED) is 0.137. The first kappa shape index (κ1) is 40.1. The normalized spacial score (nSPS) is 11.0. The molecule has 310 valence electrons. The van der Waals surface area contributed by atoms with E-state index in [2.05, 4.69) is 267 Å². The molecule has 1 heterocycles. The number of hydrogen-bond donors (Lipinski definition) is 0. The second kappa shape index (κ2) is 18.2. The Morgan fingerprint density at radius 2 is 0.545 bits per heavy atom. The molecular weight excluding hydrogens is 797 g/mol. The van der Waals surface area contributed by atoms with Crippen molar-refractivity contribution in [2.75, 3.05) is 0 Å². The van der Waals surface area contributed by atoms with E-state index in [-0.39, 0.29) is 0 Å². The minimum atomic E-state index is 0.665. The van der Waals surface area contributed by atoms with Crippen LogP contribution in [0.25, 0.3) is 112 Å². The second-order valence-corrected chi connectivity index (χ2v) is 16.5. The standard InChI is InChI=1S/C64H44N2/c1-7-23-45(24-8-1)51-35-21-37-53(41-51)59-44-60(66-64(65-59)54-38-22-36-52(42-54)46-25-9-2-10-26-46)56-40-20-19-39-55(56)58-43-57(47-27-11-3-12-28-47)61(48-29-13-4-14-30-48)63(50-33-17-6-18-34-50)62(58)49-31-15-5-16-32-49/h1-44H. The van der Waals surface area contributed by atoms with Gasteiger partial charge in [-0.1, -0.05) is 243 Å². The van der Waals surface area contributed by atoms with Gasteiger partial charge in [-0.15, -0.1) is 0 Å². The van der Waals surface area contributed by atoms with Gasteiger partial charge in [0.1, 0.15) is 0 Å². The molecule has 0 bridgehead atoms. The molecule has 0 aliphatic heterocycles. The summed E-state index contributed by atoms with van der Waals surface area (Å²) in [6.45, 7) is 0. The van der Waals surface area contributed by atoms with Gasteiger partial charge in [0.2, 0.25) is 0 Å². The van der Waals surface area contributed by atoms with Gasteiger partial charge in [-0.2, -0.15) is 0 Å². The fourth-order valence-electron chi connectivity index (χ4n) is 9.20. The van der Waals surface area contributed by atoms with Gasteiger partial charge in [-0.3, -0.25) is 0 Å². The van der Waals surface area contributed by atoms with E-state index in [1.807, 2.05) is 0 Å². The summed E-state index contributed by atoms with van der Waals surface area (Å²) < 4.78 is 0. The molecule has 1 aromatic heterocycles. The maximum atomic E-state index is 5.52. The third-order valence-electron chi connectivity index (χ3n) is 12.3. The third kappa shape index (κ3) is 8.05. The predicted octanol–water partition coefficient (Wildman–Crippen LogP) is 17.1. The van der Waals surface area contributed by atoms with Crippen LogP contribution in [0.4, 0.5) is 0 Å². The minimum Gasteiger partial charge on any atom is -0.228 e. The maximum absolute atomic E-state index is 5.52. The summed E-state index contributed by atoms with van der Waals surface area (Å²) in [5.41, 5.74) is 20.7. The SMILES string of the molecule is c1ccc(-c2cccc(-c3cc(-c4ccccc4-c4cc(-c5ccccc5)c(-c5ccccc5)c(-c5ccccc5)c4-c4ccccc4)nc(-c4cccc(-c5ccccc5)c4)n3)c2)cc1. The zero-order valence-corrected chi connectivity index (χ0v) is 36.3. The Bertz CT molecular complexity index is 3320. The molecule has 2 heteroatoms. The number of hydrogen-bond acceptors (Lipinski definition) is 2. The van der Waals surface area contributed by atoms with E-state index in [0.29, 0.717) is 5.82 Å². The zero-order chi connectivity index (χ0) is 44.1. The van der Waals surface area contributed by atoms with Crippen molar-refractivity contribution in [3.63, 3.8) is 0 Å². The average molecular weight is 841 g/mol. The van der Waals surface area contributed by atoms with Gasteiger partial charge in [-0.25, -0.2) is 9.97 Å². The van der Waals surface area contributed by atoms with Crippen molar-refractivity contribution in [2.45, 2.75) is 0 Å². The summed E-state index contributed by atoms with van der Waals surface area (Å²) in [5.74, 6) is 0.665. The van der Waals surface area contributed by atoms with Crippen LogP contribution in [0.1, 0.15) is 0 Å². The van der Waals surface area contributed by atoms with Crippen LogP contribution in [-0.2, 0) is 0 Å². The molecule has 0 amide bonds. The van der Waals surface area contributed by atoms with Gasteiger partial charge in [0.05, 0.1) is 11.4 Å². The molecule has 0 saturated carbocycles. The predicted molar refractivity (Wildman–Crippen MR) is 276 cm³/mol. The second-order valence-electron chi connectivity index (χ2n) is 16.5. The van der Waals surface area contributed by atoms with Crippen LogP contribution in [0.2, 0.25) is 0 Å². The molecule has 0 aliphatic carbocycles. The molecule has 11 rings (SSSR count). The van der Waals surface area contributed by atoms with E-state index in [0.717, 1.165) is 94.8 Å². The molecular formula is C64H44N2. The molecule has 0 aliphatic rings. The van der Waals surface area contributed by atoms with E-state index >= 15 is 0 Å². The van der Waals surface area contributed by atoms with Crippen LogP contribution in [0.5, 0.6) is 0 Å². The van der Waals surface area contributed by atoms with Crippen molar-refractivity contribution in [2.24, 2.45) is 0 Å². The smallest absolute Gasteiger partial charge is 0.160 e. The molecule has 0 radical (unpaired) electrons. The Morgan fingerprint density at radius 3 is 1.08 bits per heavy atom. The van der Waals surface area contributed by atoms with Gasteiger partial charge in [0, 0.05) is 16.7 Å². The Balaban J connectivity index is 1.21. The van der Waals surface area contributed by atoms with E-state index in [4.69, 9.17) is 9.97 Å². The number of aromatic nitrogens is 2. The minimum absolute atomic E-state index is 0.665. The molecule has 0 spiro atoms. The fraction of sp³-hybridized carbons (Fsp3) is 0. The lowest BCUT2D eigenvalue weighted by atomic mass is 9.78. The Kier molecular flexibility index (Phi) is 11.0. The highest BCUT2D eigenvalue weighted by molar-refractivity contribution is 6.08. The summed E-state index contributed by atoms with van der Waals surface area (Å²) in [5, 5.41) is 0. The van der Waals surface area contributed by atoms with Gasteiger partial charge >= 0.3 is 0 Å². The van der Waals surface area contributed by atoms with Crippen LogP contribution >= 0.6 is 0 Å². The van der Waals surface area contributed by atoms with Gasteiger partial charge in [-0.05, 0) is 102 Å².